The molecule has 0 amide bonds. The van der Waals surface area contributed by atoms with E-state index < -0.39 is 11.0 Å². The van der Waals surface area contributed by atoms with Gasteiger partial charge < -0.3 is 10.1 Å². The van der Waals surface area contributed by atoms with Crippen molar-refractivity contribution in [2.75, 3.05) is 13.1 Å². The highest BCUT2D eigenvalue weighted by Gasteiger charge is 2.43. The van der Waals surface area contributed by atoms with Gasteiger partial charge in [0, 0.05) is 12.8 Å². The summed E-state index contributed by atoms with van der Waals surface area (Å²) in [5, 5.41) is 3.42. The van der Waals surface area contributed by atoms with E-state index in [1.165, 1.54) is 0 Å². The van der Waals surface area contributed by atoms with Gasteiger partial charge in [0.05, 0.1) is 11.8 Å². The Morgan fingerprint density at radius 3 is 1.49 bits per heavy atom. The lowest BCUT2D eigenvalue weighted by Crippen LogP contribution is -2.44. The Morgan fingerprint density at radius 2 is 1.06 bits per heavy atom. The summed E-state index contributed by atoms with van der Waals surface area (Å²) < 4.78 is 6.51. The smallest absolute Gasteiger partial charge is 0.308 e. The summed E-state index contributed by atoms with van der Waals surface area (Å²) in [5.74, 6) is -0.188. The first kappa shape index (κ1) is 23.1. The number of nitrogens with one attached hydrogen (secondary N) is 1. The average Bonchev–Trinajstić information content (AvgIpc) is 2.94. The molecule has 176 valence electrons. The molecule has 0 aromatic heterocycles. The van der Waals surface area contributed by atoms with Crippen molar-refractivity contribution in [3.8, 4) is 0 Å². The first-order chi connectivity index (χ1) is 17.2. The lowest BCUT2D eigenvalue weighted by molar-refractivity contribution is -0.165. The molecule has 4 aromatic carbocycles. The van der Waals surface area contributed by atoms with Gasteiger partial charge in [-0.3, -0.25) is 4.79 Å². The number of esters is 1. The monoisotopic (exact) mass is 461 g/mol. The van der Waals surface area contributed by atoms with Gasteiger partial charge in [0.1, 0.15) is 5.60 Å². The largest absolute Gasteiger partial charge is 0.454 e. The highest BCUT2D eigenvalue weighted by molar-refractivity contribution is 5.75. The van der Waals surface area contributed by atoms with E-state index in [4.69, 9.17) is 4.74 Å². The van der Waals surface area contributed by atoms with E-state index in [1.54, 1.807) is 0 Å². The third kappa shape index (κ3) is 4.65. The van der Waals surface area contributed by atoms with Crippen LogP contribution in [0.4, 0.5) is 0 Å². The van der Waals surface area contributed by atoms with E-state index in [1.807, 2.05) is 72.8 Å². The summed E-state index contributed by atoms with van der Waals surface area (Å²) in [6.45, 7) is 1.65. The van der Waals surface area contributed by atoms with Crippen molar-refractivity contribution in [2.24, 2.45) is 0 Å². The van der Waals surface area contributed by atoms with Gasteiger partial charge in [-0.15, -0.1) is 0 Å². The van der Waals surface area contributed by atoms with Crippen molar-refractivity contribution in [3.05, 3.63) is 144 Å². The molecule has 0 aliphatic carbocycles. The zero-order valence-electron chi connectivity index (χ0n) is 19.9. The molecule has 0 saturated carbocycles. The van der Waals surface area contributed by atoms with Gasteiger partial charge in [-0.25, -0.2) is 0 Å². The third-order valence-corrected chi connectivity index (χ3v) is 7.23. The molecule has 4 aromatic rings. The predicted octanol–water partition coefficient (Wildman–Crippen LogP) is 6.23. The molecule has 0 unspecified atom stereocenters. The van der Waals surface area contributed by atoms with E-state index in [9.17, 15) is 4.79 Å². The first-order valence-corrected chi connectivity index (χ1v) is 12.4. The Morgan fingerprint density at radius 1 is 0.657 bits per heavy atom. The molecule has 1 saturated heterocycles. The molecule has 1 aliphatic heterocycles. The number of ether oxygens (including phenoxy) is 1. The average molecular weight is 462 g/mol. The van der Waals surface area contributed by atoms with E-state index in [2.05, 4.69) is 53.8 Å². The van der Waals surface area contributed by atoms with Crippen LogP contribution >= 0.6 is 0 Å². The standard InChI is InChI=1S/C32H31NO2/c34-30(35-31(21-23-33-24-22-31)26-13-5-1-6-14-26)25-32(27-15-7-2-8-16-27,28-17-9-3-10-18-28)29-19-11-4-12-20-29/h1-20,33H,21-25H2. The number of hydrogen-bond acceptors (Lipinski definition) is 3. The van der Waals surface area contributed by atoms with Crippen LogP contribution in [-0.4, -0.2) is 19.1 Å². The van der Waals surface area contributed by atoms with Crippen molar-refractivity contribution in [2.45, 2.75) is 30.3 Å². The van der Waals surface area contributed by atoms with E-state index >= 15 is 0 Å². The SMILES string of the molecule is O=C(CC(c1ccccc1)(c1ccccc1)c1ccccc1)OC1(c2ccccc2)CCNCC1. The maximum Gasteiger partial charge on any atom is 0.308 e. The number of carbonyl (C=O) groups is 1. The van der Waals surface area contributed by atoms with Crippen LogP contribution in [0, 0.1) is 0 Å². The summed E-state index contributed by atoms with van der Waals surface area (Å²) in [5.41, 5.74) is 3.03. The molecule has 1 N–H and O–H groups in total. The van der Waals surface area contributed by atoms with Crippen LogP contribution < -0.4 is 5.32 Å². The van der Waals surface area contributed by atoms with Crippen molar-refractivity contribution >= 4 is 5.97 Å². The Kier molecular flexibility index (Phi) is 6.78. The van der Waals surface area contributed by atoms with Gasteiger partial charge >= 0.3 is 5.97 Å². The highest BCUT2D eigenvalue weighted by Crippen LogP contribution is 2.44. The molecular formula is C32H31NO2. The van der Waals surface area contributed by atoms with Crippen molar-refractivity contribution in [3.63, 3.8) is 0 Å². The Balaban J connectivity index is 1.59. The molecule has 0 bridgehead atoms. The molecule has 1 fully saturated rings. The summed E-state index contributed by atoms with van der Waals surface area (Å²) in [7, 11) is 0. The molecule has 35 heavy (non-hydrogen) atoms. The molecule has 0 spiro atoms. The van der Waals surface area contributed by atoms with Crippen molar-refractivity contribution in [1.29, 1.82) is 0 Å². The Bertz CT molecular complexity index is 1120. The minimum absolute atomic E-state index is 0.188. The fourth-order valence-corrected chi connectivity index (χ4v) is 5.47. The van der Waals surface area contributed by atoms with Gasteiger partial charge in [0.25, 0.3) is 0 Å². The third-order valence-electron chi connectivity index (χ3n) is 7.23. The van der Waals surface area contributed by atoms with Crippen molar-refractivity contribution in [1.82, 2.24) is 5.32 Å². The van der Waals surface area contributed by atoms with Crippen LogP contribution in [0.1, 0.15) is 41.5 Å². The molecule has 3 nitrogen and oxygen atoms in total. The molecule has 1 aliphatic rings. The second kappa shape index (κ2) is 10.3. The van der Waals surface area contributed by atoms with Gasteiger partial charge in [-0.1, -0.05) is 121 Å². The lowest BCUT2D eigenvalue weighted by atomic mass is 9.67. The molecular weight excluding hydrogens is 430 g/mol. The second-order valence-electron chi connectivity index (χ2n) is 9.26. The molecule has 0 radical (unpaired) electrons. The molecule has 5 rings (SSSR count). The summed E-state index contributed by atoms with van der Waals surface area (Å²) in [4.78, 5) is 14.0. The minimum atomic E-state index is -0.661. The van der Waals surface area contributed by atoms with Gasteiger partial charge in [-0.2, -0.15) is 0 Å². The quantitative estimate of drug-likeness (QED) is 0.262. The second-order valence-corrected chi connectivity index (χ2v) is 9.26. The van der Waals surface area contributed by atoms with Crippen molar-refractivity contribution < 1.29 is 9.53 Å². The number of carbonyl (C=O) groups excluding carboxylic acids is 1. The van der Waals surface area contributed by atoms with Gasteiger partial charge in [0.2, 0.25) is 0 Å². The van der Waals surface area contributed by atoms with E-state index in [-0.39, 0.29) is 12.4 Å². The van der Waals surface area contributed by atoms with Crippen LogP contribution in [0.5, 0.6) is 0 Å². The fraction of sp³-hybridized carbons (Fsp3) is 0.219. The zero-order chi connectivity index (χ0) is 24.0. The predicted molar refractivity (Wildman–Crippen MR) is 140 cm³/mol. The van der Waals surface area contributed by atoms with Crippen LogP contribution in [0.25, 0.3) is 0 Å². The normalized spacial score (nSPS) is 15.3. The van der Waals surface area contributed by atoms with Crippen LogP contribution in [0.3, 0.4) is 0 Å². The van der Waals surface area contributed by atoms with Gasteiger partial charge in [0.15, 0.2) is 0 Å². The molecule has 3 heteroatoms. The zero-order valence-corrected chi connectivity index (χ0v) is 19.9. The molecule has 1 heterocycles. The van der Waals surface area contributed by atoms with E-state index in [0.29, 0.717) is 0 Å². The Hall–Kier alpha value is -3.69. The van der Waals surface area contributed by atoms with Crippen LogP contribution in [0.2, 0.25) is 0 Å². The van der Waals surface area contributed by atoms with E-state index in [0.717, 1.165) is 48.2 Å². The number of piperidine rings is 1. The summed E-state index contributed by atoms with van der Waals surface area (Å²) in [6.07, 6.45) is 1.74. The number of benzene rings is 4. The van der Waals surface area contributed by atoms with Crippen LogP contribution in [-0.2, 0) is 20.5 Å². The van der Waals surface area contributed by atoms with Crippen LogP contribution in [0.15, 0.2) is 121 Å². The number of hydrogen-bond donors (Lipinski definition) is 1. The summed E-state index contributed by atoms with van der Waals surface area (Å²) >= 11 is 0. The first-order valence-electron chi connectivity index (χ1n) is 12.4. The molecule has 0 atom stereocenters. The summed E-state index contributed by atoms with van der Waals surface area (Å²) in [6, 6.07) is 41.2. The minimum Gasteiger partial charge on any atom is -0.454 e. The highest BCUT2D eigenvalue weighted by atomic mass is 16.6. The Labute approximate surface area is 207 Å². The fourth-order valence-electron chi connectivity index (χ4n) is 5.47. The lowest BCUT2D eigenvalue weighted by Gasteiger charge is -2.40. The maximum atomic E-state index is 14.0. The topological polar surface area (TPSA) is 38.3 Å². The van der Waals surface area contributed by atoms with Gasteiger partial charge in [-0.05, 0) is 35.3 Å². The maximum absolute atomic E-state index is 14.0. The number of rotatable bonds is 7.